The molecule has 3 aromatic rings. The second-order valence-corrected chi connectivity index (χ2v) is 11.4. The van der Waals surface area contributed by atoms with Gasteiger partial charge in [0, 0.05) is 49.2 Å². The zero-order valence-corrected chi connectivity index (χ0v) is 23.3. The lowest BCUT2D eigenvalue weighted by Gasteiger charge is -2.38. The summed E-state index contributed by atoms with van der Waals surface area (Å²) in [6, 6.07) is 21.7. The van der Waals surface area contributed by atoms with E-state index >= 15 is 0 Å². The molecule has 0 aromatic heterocycles. The summed E-state index contributed by atoms with van der Waals surface area (Å²) >= 11 is 0. The number of benzene rings is 3. The molecule has 0 unspecified atom stereocenters. The van der Waals surface area contributed by atoms with E-state index in [0.717, 1.165) is 56.1 Å². The zero-order chi connectivity index (χ0) is 27.6. The second-order valence-electron chi connectivity index (χ2n) is 11.4. The molecule has 39 heavy (non-hydrogen) atoms. The number of hydrogen-bond acceptors (Lipinski definition) is 5. The number of ether oxygens (including phenoxy) is 1. The minimum Gasteiger partial charge on any atom is -0.495 e. The summed E-state index contributed by atoms with van der Waals surface area (Å²) in [6.45, 7) is 9.62. The topological polar surface area (TPSA) is 73.9 Å². The Balaban J connectivity index is 1.33. The third-order valence-corrected chi connectivity index (χ3v) is 7.47. The van der Waals surface area contributed by atoms with Gasteiger partial charge in [-0.2, -0.15) is 0 Å². The van der Waals surface area contributed by atoms with Gasteiger partial charge in [0.2, 0.25) is 0 Å². The third kappa shape index (κ3) is 6.19. The molecule has 7 nitrogen and oxygen atoms in total. The van der Waals surface area contributed by atoms with Gasteiger partial charge in [0.1, 0.15) is 5.75 Å². The van der Waals surface area contributed by atoms with Crippen molar-refractivity contribution in [3.05, 3.63) is 83.4 Å². The maximum atomic E-state index is 13.3. The van der Waals surface area contributed by atoms with Crippen LogP contribution in [-0.2, 0) is 5.41 Å². The van der Waals surface area contributed by atoms with Crippen LogP contribution in [0.1, 0.15) is 59.9 Å². The molecule has 204 valence electrons. The molecule has 1 aliphatic heterocycles. The molecule has 0 radical (unpaired) electrons. The average molecular weight is 527 g/mol. The molecule has 5 rings (SSSR count). The van der Waals surface area contributed by atoms with E-state index in [0.29, 0.717) is 16.8 Å². The highest BCUT2D eigenvalue weighted by molar-refractivity contribution is 6.06. The number of hydrogen-bond donors (Lipinski definition) is 2. The van der Waals surface area contributed by atoms with Crippen molar-refractivity contribution < 1.29 is 14.3 Å². The molecule has 1 aliphatic carbocycles. The smallest absolute Gasteiger partial charge is 0.255 e. The summed E-state index contributed by atoms with van der Waals surface area (Å²) in [5.74, 6) is 0.580. The number of rotatable bonds is 7. The number of carbonyl (C=O) groups is 2. The van der Waals surface area contributed by atoms with Crippen LogP contribution >= 0.6 is 0 Å². The van der Waals surface area contributed by atoms with Crippen molar-refractivity contribution in [1.82, 2.24) is 5.32 Å². The number of nitrogens with zero attached hydrogens (tertiary/aromatic N) is 2. The van der Waals surface area contributed by atoms with E-state index in [1.54, 1.807) is 13.2 Å². The fraction of sp³-hybridized carbons (Fsp3) is 0.375. The molecule has 7 heteroatoms. The molecule has 0 atom stereocenters. The van der Waals surface area contributed by atoms with Crippen LogP contribution in [0.25, 0.3) is 0 Å². The molecular weight excluding hydrogens is 488 g/mol. The van der Waals surface area contributed by atoms with E-state index < -0.39 is 0 Å². The van der Waals surface area contributed by atoms with Gasteiger partial charge in [-0.25, -0.2) is 0 Å². The van der Waals surface area contributed by atoms with Crippen molar-refractivity contribution in [1.29, 1.82) is 0 Å². The molecule has 0 bridgehead atoms. The van der Waals surface area contributed by atoms with Crippen molar-refractivity contribution >= 4 is 28.9 Å². The van der Waals surface area contributed by atoms with Crippen LogP contribution in [0.5, 0.6) is 5.75 Å². The van der Waals surface area contributed by atoms with Gasteiger partial charge >= 0.3 is 0 Å². The second kappa shape index (κ2) is 11.0. The van der Waals surface area contributed by atoms with Gasteiger partial charge < -0.3 is 25.2 Å². The highest BCUT2D eigenvalue weighted by Crippen LogP contribution is 2.32. The lowest BCUT2D eigenvalue weighted by molar-refractivity contribution is 0.0950. The quantitative estimate of drug-likeness (QED) is 0.428. The molecule has 1 saturated heterocycles. The number of anilines is 3. The Morgan fingerprint density at radius 1 is 0.821 bits per heavy atom. The summed E-state index contributed by atoms with van der Waals surface area (Å²) in [5.41, 5.74) is 4.95. The number of methoxy groups -OCH3 is 1. The predicted octanol–water partition coefficient (Wildman–Crippen LogP) is 5.46. The van der Waals surface area contributed by atoms with Gasteiger partial charge in [-0.1, -0.05) is 45.0 Å². The van der Waals surface area contributed by atoms with Gasteiger partial charge in [0.15, 0.2) is 0 Å². The van der Waals surface area contributed by atoms with Crippen LogP contribution in [0.4, 0.5) is 17.1 Å². The zero-order valence-electron chi connectivity index (χ0n) is 23.3. The molecular formula is C32H38N4O3. The first-order valence-electron chi connectivity index (χ1n) is 13.7. The molecule has 1 saturated carbocycles. The van der Waals surface area contributed by atoms with Gasteiger partial charge in [-0.3, -0.25) is 9.59 Å². The molecule has 0 spiro atoms. The van der Waals surface area contributed by atoms with Crippen LogP contribution < -0.4 is 25.2 Å². The van der Waals surface area contributed by atoms with Gasteiger partial charge in [0.25, 0.3) is 11.8 Å². The lowest BCUT2D eigenvalue weighted by Crippen LogP contribution is -2.47. The number of para-hydroxylation sites is 2. The van der Waals surface area contributed by atoms with Crippen molar-refractivity contribution in [2.75, 3.05) is 48.4 Å². The Hall–Kier alpha value is -4.00. The van der Waals surface area contributed by atoms with Crippen LogP contribution in [0.3, 0.4) is 0 Å². The summed E-state index contributed by atoms with van der Waals surface area (Å²) in [6.07, 6.45) is 2.03. The fourth-order valence-corrected chi connectivity index (χ4v) is 4.97. The first kappa shape index (κ1) is 26.6. The summed E-state index contributed by atoms with van der Waals surface area (Å²) in [4.78, 5) is 30.9. The molecule has 2 aliphatic rings. The van der Waals surface area contributed by atoms with Gasteiger partial charge in [-0.15, -0.1) is 0 Å². The van der Waals surface area contributed by atoms with Crippen molar-refractivity contribution in [3.63, 3.8) is 0 Å². The molecule has 2 amide bonds. The summed E-state index contributed by atoms with van der Waals surface area (Å²) in [7, 11) is 1.70. The van der Waals surface area contributed by atoms with Crippen molar-refractivity contribution in [2.45, 2.75) is 45.1 Å². The minimum absolute atomic E-state index is 0.0211. The van der Waals surface area contributed by atoms with E-state index in [1.807, 2.05) is 54.6 Å². The maximum absolute atomic E-state index is 13.3. The summed E-state index contributed by atoms with van der Waals surface area (Å²) < 4.78 is 5.56. The normalized spacial score (nSPS) is 15.6. The van der Waals surface area contributed by atoms with Crippen molar-refractivity contribution in [3.8, 4) is 5.75 Å². The standard InChI is InChI=1S/C32H38N4O3/c1-32(2,3)23-11-9-22(10-12-23)30(37)34-25-15-16-27(26(21-25)31(38)33-24-13-14-24)35-17-19-36(20-18-35)28-7-5-6-8-29(28)39-4/h5-12,15-16,21,24H,13-14,17-20H2,1-4H3,(H,33,38)(H,34,37). The first-order valence-corrected chi connectivity index (χ1v) is 13.7. The average Bonchev–Trinajstić information content (AvgIpc) is 3.76. The molecule has 3 aromatic carbocycles. The summed E-state index contributed by atoms with van der Waals surface area (Å²) in [5, 5.41) is 6.12. The number of amides is 2. The molecule has 2 N–H and O–H groups in total. The van der Waals surface area contributed by atoms with Gasteiger partial charge in [0.05, 0.1) is 18.4 Å². The highest BCUT2D eigenvalue weighted by atomic mass is 16.5. The van der Waals surface area contributed by atoms with E-state index in [2.05, 4.69) is 47.3 Å². The Bertz CT molecular complexity index is 1330. The monoisotopic (exact) mass is 526 g/mol. The van der Waals surface area contributed by atoms with Crippen LogP contribution in [0.2, 0.25) is 0 Å². The fourth-order valence-electron chi connectivity index (χ4n) is 4.97. The minimum atomic E-state index is -0.192. The maximum Gasteiger partial charge on any atom is 0.255 e. The first-order chi connectivity index (χ1) is 18.7. The molecule has 2 fully saturated rings. The van der Waals surface area contributed by atoms with E-state index in [9.17, 15) is 9.59 Å². The molecule has 1 heterocycles. The van der Waals surface area contributed by atoms with Crippen LogP contribution in [0, 0.1) is 0 Å². The van der Waals surface area contributed by atoms with Crippen LogP contribution in [-0.4, -0.2) is 51.1 Å². The SMILES string of the molecule is COc1ccccc1N1CCN(c2ccc(NC(=O)c3ccc(C(C)(C)C)cc3)cc2C(=O)NC2CC2)CC1. The number of carbonyl (C=O) groups excluding carboxylic acids is 2. The van der Waals surface area contributed by atoms with E-state index in [4.69, 9.17) is 4.74 Å². The predicted molar refractivity (Wildman–Crippen MR) is 157 cm³/mol. The van der Waals surface area contributed by atoms with E-state index in [1.165, 1.54) is 5.56 Å². The third-order valence-electron chi connectivity index (χ3n) is 7.47. The van der Waals surface area contributed by atoms with Crippen LogP contribution in [0.15, 0.2) is 66.7 Å². The van der Waals surface area contributed by atoms with Crippen molar-refractivity contribution in [2.24, 2.45) is 0 Å². The Morgan fingerprint density at radius 3 is 2.08 bits per heavy atom. The Morgan fingerprint density at radius 2 is 1.46 bits per heavy atom. The Labute approximate surface area is 231 Å². The number of piperazine rings is 1. The lowest BCUT2D eigenvalue weighted by atomic mass is 9.87. The highest BCUT2D eigenvalue weighted by Gasteiger charge is 2.28. The Kier molecular flexibility index (Phi) is 7.51. The van der Waals surface area contributed by atoms with E-state index in [-0.39, 0.29) is 23.3 Å². The van der Waals surface area contributed by atoms with Gasteiger partial charge in [-0.05, 0) is 66.3 Å². The largest absolute Gasteiger partial charge is 0.495 e. The number of nitrogens with one attached hydrogen (secondary N) is 2.